The van der Waals surface area contributed by atoms with Gasteiger partial charge in [-0.05, 0) is 13.8 Å². The molecule has 0 aromatic rings. The van der Waals surface area contributed by atoms with Crippen LogP contribution >= 0.6 is 0 Å². The first-order chi connectivity index (χ1) is 5.74. The first-order valence-corrected chi connectivity index (χ1v) is 4.25. The van der Waals surface area contributed by atoms with Gasteiger partial charge < -0.3 is 9.47 Å². The third-order valence-electron chi connectivity index (χ3n) is 1.77. The fourth-order valence-electron chi connectivity index (χ4n) is 1.08. The third-order valence-corrected chi connectivity index (χ3v) is 1.77. The van der Waals surface area contributed by atoms with Gasteiger partial charge in [-0.15, -0.1) is 0 Å². The monoisotopic (exact) mass is 173 g/mol. The van der Waals surface area contributed by atoms with Crippen LogP contribution in [0.1, 0.15) is 13.8 Å². The molecular formula is C8H15NO3. The zero-order valence-corrected chi connectivity index (χ0v) is 7.50. The van der Waals surface area contributed by atoms with E-state index >= 15 is 0 Å². The van der Waals surface area contributed by atoms with Crippen LogP contribution in [0.25, 0.3) is 0 Å². The summed E-state index contributed by atoms with van der Waals surface area (Å²) < 4.78 is 10.1. The first kappa shape index (κ1) is 9.48. The molecular weight excluding hydrogens is 158 g/mol. The summed E-state index contributed by atoms with van der Waals surface area (Å²) in [5.41, 5.74) is 0. The Kier molecular flexibility index (Phi) is 3.49. The van der Waals surface area contributed by atoms with Crippen molar-refractivity contribution in [1.29, 1.82) is 0 Å². The maximum absolute atomic E-state index is 11.1. The van der Waals surface area contributed by atoms with Gasteiger partial charge in [-0.2, -0.15) is 0 Å². The van der Waals surface area contributed by atoms with E-state index in [-0.39, 0.29) is 18.1 Å². The molecule has 4 nitrogen and oxygen atoms in total. The minimum atomic E-state index is -0.277. The highest BCUT2D eigenvalue weighted by atomic mass is 16.5. The fraction of sp³-hybridized carbons (Fsp3) is 0.875. The van der Waals surface area contributed by atoms with Crippen LogP contribution in [0.15, 0.2) is 0 Å². The van der Waals surface area contributed by atoms with Crippen molar-refractivity contribution < 1.29 is 14.3 Å². The van der Waals surface area contributed by atoms with Gasteiger partial charge in [0.05, 0.1) is 19.3 Å². The summed E-state index contributed by atoms with van der Waals surface area (Å²) in [5, 5.41) is 3.05. The summed E-state index contributed by atoms with van der Waals surface area (Å²) >= 11 is 0. The summed E-state index contributed by atoms with van der Waals surface area (Å²) in [7, 11) is 0. The predicted octanol–water partition coefficient (Wildman–Crippen LogP) is -0.0736. The highest BCUT2D eigenvalue weighted by molar-refractivity contribution is 5.76. The van der Waals surface area contributed by atoms with Gasteiger partial charge in [-0.25, -0.2) is 0 Å². The van der Waals surface area contributed by atoms with Crippen molar-refractivity contribution in [1.82, 2.24) is 5.32 Å². The zero-order chi connectivity index (χ0) is 8.97. The summed E-state index contributed by atoms with van der Waals surface area (Å²) in [6.45, 7) is 5.31. The molecule has 1 aliphatic rings. The van der Waals surface area contributed by atoms with Crippen LogP contribution in [-0.2, 0) is 14.3 Å². The lowest BCUT2D eigenvalue weighted by Gasteiger charge is -2.26. The second-order valence-electron chi connectivity index (χ2n) is 2.86. The van der Waals surface area contributed by atoms with E-state index in [0.29, 0.717) is 19.8 Å². The van der Waals surface area contributed by atoms with Crippen LogP contribution < -0.4 is 5.32 Å². The van der Waals surface area contributed by atoms with Crippen molar-refractivity contribution in [2.45, 2.75) is 26.0 Å². The van der Waals surface area contributed by atoms with Crippen molar-refractivity contribution in [2.75, 3.05) is 19.8 Å². The van der Waals surface area contributed by atoms with Gasteiger partial charge in [0, 0.05) is 6.54 Å². The Balaban J connectivity index is 2.29. The van der Waals surface area contributed by atoms with Gasteiger partial charge in [-0.3, -0.25) is 10.1 Å². The second-order valence-corrected chi connectivity index (χ2v) is 2.86. The van der Waals surface area contributed by atoms with E-state index in [1.165, 1.54) is 0 Å². The molecule has 1 rings (SSSR count). The van der Waals surface area contributed by atoms with Gasteiger partial charge in [0.15, 0.2) is 0 Å². The van der Waals surface area contributed by atoms with E-state index in [4.69, 9.17) is 9.47 Å². The number of esters is 1. The Morgan fingerprint density at radius 3 is 3.00 bits per heavy atom. The van der Waals surface area contributed by atoms with Gasteiger partial charge in [0.1, 0.15) is 6.04 Å². The topological polar surface area (TPSA) is 47.6 Å². The smallest absolute Gasteiger partial charge is 0.325 e. The molecule has 1 N–H and O–H groups in total. The van der Waals surface area contributed by atoms with Gasteiger partial charge in [0.2, 0.25) is 0 Å². The van der Waals surface area contributed by atoms with E-state index in [9.17, 15) is 4.79 Å². The van der Waals surface area contributed by atoms with Crippen molar-refractivity contribution in [3.8, 4) is 0 Å². The highest BCUT2D eigenvalue weighted by Crippen LogP contribution is 2.01. The molecule has 0 aliphatic carbocycles. The van der Waals surface area contributed by atoms with Gasteiger partial charge in [0.25, 0.3) is 0 Å². The molecule has 4 heteroatoms. The molecule has 1 aliphatic heterocycles. The highest BCUT2D eigenvalue weighted by Gasteiger charge is 2.24. The van der Waals surface area contributed by atoms with Crippen molar-refractivity contribution in [3.63, 3.8) is 0 Å². The first-order valence-electron chi connectivity index (χ1n) is 4.25. The zero-order valence-electron chi connectivity index (χ0n) is 7.50. The van der Waals surface area contributed by atoms with E-state index in [1.807, 2.05) is 6.92 Å². The lowest BCUT2D eigenvalue weighted by molar-refractivity contribution is -0.149. The molecule has 0 aromatic carbocycles. The average molecular weight is 173 g/mol. The Hall–Kier alpha value is -0.610. The van der Waals surface area contributed by atoms with Crippen LogP contribution in [0.2, 0.25) is 0 Å². The molecule has 0 bridgehead atoms. The van der Waals surface area contributed by atoms with E-state index in [2.05, 4.69) is 5.32 Å². The van der Waals surface area contributed by atoms with E-state index in [1.54, 1.807) is 6.92 Å². The Bertz CT molecular complexity index is 152. The number of nitrogens with one attached hydrogen (secondary N) is 1. The minimum Gasteiger partial charge on any atom is -0.465 e. The lowest BCUT2D eigenvalue weighted by atomic mass is 10.2. The molecule has 0 spiro atoms. The lowest BCUT2D eigenvalue weighted by Crippen LogP contribution is -2.50. The molecule has 0 amide bonds. The van der Waals surface area contributed by atoms with E-state index in [0.717, 1.165) is 0 Å². The van der Waals surface area contributed by atoms with Crippen molar-refractivity contribution in [2.24, 2.45) is 0 Å². The quantitative estimate of drug-likeness (QED) is 0.594. The number of hydrogen-bond donors (Lipinski definition) is 1. The Morgan fingerprint density at radius 1 is 1.75 bits per heavy atom. The maximum atomic E-state index is 11.1. The number of ether oxygens (including phenoxy) is 2. The molecule has 0 unspecified atom stereocenters. The van der Waals surface area contributed by atoms with Crippen LogP contribution in [0, 0.1) is 0 Å². The molecule has 0 aromatic heterocycles. The van der Waals surface area contributed by atoms with Crippen molar-refractivity contribution >= 4 is 5.97 Å². The molecule has 70 valence electrons. The standard InChI is InChI=1S/C8H15NO3/c1-3-11-8(10)7-5-12-6(2)4-9-7/h6-7,9H,3-5H2,1-2H3/t6-,7-/m1/s1. The normalized spacial score (nSPS) is 29.8. The van der Waals surface area contributed by atoms with Gasteiger partial charge >= 0.3 is 5.97 Å². The van der Waals surface area contributed by atoms with Crippen LogP contribution in [-0.4, -0.2) is 37.9 Å². The number of morpholine rings is 1. The van der Waals surface area contributed by atoms with Crippen LogP contribution in [0.5, 0.6) is 0 Å². The summed E-state index contributed by atoms with van der Waals surface area (Å²) in [5.74, 6) is -0.218. The number of hydrogen-bond acceptors (Lipinski definition) is 4. The summed E-state index contributed by atoms with van der Waals surface area (Å²) in [4.78, 5) is 11.1. The number of rotatable bonds is 2. The van der Waals surface area contributed by atoms with Crippen LogP contribution in [0.3, 0.4) is 0 Å². The third kappa shape index (κ3) is 2.46. The van der Waals surface area contributed by atoms with E-state index < -0.39 is 0 Å². The second kappa shape index (κ2) is 4.42. The van der Waals surface area contributed by atoms with Gasteiger partial charge in [-0.1, -0.05) is 0 Å². The molecule has 0 saturated carbocycles. The largest absolute Gasteiger partial charge is 0.465 e. The number of carbonyl (C=O) groups excluding carboxylic acids is 1. The molecule has 1 heterocycles. The van der Waals surface area contributed by atoms with Crippen LogP contribution in [0.4, 0.5) is 0 Å². The molecule has 1 saturated heterocycles. The summed E-state index contributed by atoms with van der Waals surface area (Å²) in [6.07, 6.45) is 0.190. The Labute approximate surface area is 72.2 Å². The fourth-order valence-corrected chi connectivity index (χ4v) is 1.08. The maximum Gasteiger partial charge on any atom is 0.325 e. The molecule has 1 fully saturated rings. The Morgan fingerprint density at radius 2 is 2.50 bits per heavy atom. The van der Waals surface area contributed by atoms with Crippen molar-refractivity contribution in [3.05, 3.63) is 0 Å². The summed E-state index contributed by atoms with van der Waals surface area (Å²) in [6, 6.07) is -0.277. The molecule has 0 radical (unpaired) electrons. The predicted molar refractivity (Wildman–Crippen MR) is 43.8 cm³/mol. The SMILES string of the molecule is CCOC(=O)[C@H]1CO[C@H](C)CN1. The molecule has 2 atom stereocenters. The molecule has 12 heavy (non-hydrogen) atoms. The minimum absolute atomic E-state index is 0.190. The average Bonchev–Trinajstić information content (AvgIpc) is 2.06. The number of carbonyl (C=O) groups is 1.